The lowest BCUT2D eigenvalue weighted by atomic mass is 10.1. The van der Waals surface area contributed by atoms with Crippen molar-refractivity contribution in [3.8, 4) is 11.8 Å². The molecule has 4 rings (SSSR count). The fourth-order valence-electron chi connectivity index (χ4n) is 3.76. The fourth-order valence-corrected chi connectivity index (χ4v) is 3.76. The molecule has 0 saturated carbocycles. The SMILES string of the molecule is C=CC(=O)N1CCC[C@@H](n2nc(C#CC(=O)NCc3ccccc3)c3c(N)ncnc32)C1. The minimum atomic E-state index is -0.424. The number of hydrogen-bond acceptors (Lipinski definition) is 6. The number of fused-ring (bicyclic) bond motifs is 1. The Balaban J connectivity index is 1.59. The van der Waals surface area contributed by atoms with E-state index in [-0.39, 0.29) is 17.8 Å². The van der Waals surface area contributed by atoms with Crippen LogP contribution in [0.1, 0.15) is 30.1 Å². The summed E-state index contributed by atoms with van der Waals surface area (Å²) in [6.45, 7) is 5.10. The van der Waals surface area contributed by atoms with E-state index in [1.54, 1.807) is 9.58 Å². The van der Waals surface area contributed by atoms with Crippen molar-refractivity contribution < 1.29 is 9.59 Å². The molecule has 0 unspecified atom stereocenters. The first-order valence-corrected chi connectivity index (χ1v) is 10.3. The summed E-state index contributed by atoms with van der Waals surface area (Å²) in [5, 5.41) is 7.87. The maximum Gasteiger partial charge on any atom is 0.296 e. The molecule has 3 N–H and O–H groups in total. The third kappa shape index (κ3) is 4.44. The number of amides is 2. The number of nitrogens with two attached hydrogens (primary N) is 1. The van der Waals surface area contributed by atoms with E-state index >= 15 is 0 Å². The number of hydrogen-bond donors (Lipinski definition) is 2. The molecule has 3 heterocycles. The maximum atomic E-state index is 12.2. The van der Waals surface area contributed by atoms with Gasteiger partial charge in [0.15, 0.2) is 5.65 Å². The number of carbonyl (C=O) groups is 2. The van der Waals surface area contributed by atoms with Crippen molar-refractivity contribution in [3.63, 3.8) is 0 Å². The zero-order valence-electron chi connectivity index (χ0n) is 17.5. The first kappa shape index (κ1) is 21.1. The average molecular weight is 429 g/mol. The highest BCUT2D eigenvalue weighted by molar-refractivity contribution is 5.96. The van der Waals surface area contributed by atoms with Crippen LogP contribution in [0.5, 0.6) is 0 Å². The Hall–Kier alpha value is -4.19. The molecule has 9 nitrogen and oxygen atoms in total. The summed E-state index contributed by atoms with van der Waals surface area (Å²) in [5.41, 5.74) is 7.93. The Bertz CT molecular complexity index is 1220. The van der Waals surface area contributed by atoms with E-state index in [4.69, 9.17) is 5.73 Å². The van der Waals surface area contributed by atoms with Crippen molar-refractivity contribution in [2.75, 3.05) is 18.8 Å². The second-order valence-corrected chi connectivity index (χ2v) is 7.45. The van der Waals surface area contributed by atoms with Crippen molar-refractivity contribution >= 4 is 28.7 Å². The summed E-state index contributed by atoms with van der Waals surface area (Å²) in [6.07, 6.45) is 4.34. The van der Waals surface area contributed by atoms with Crippen LogP contribution in [-0.4, -0.2) is 49.6 Å². The number of carbonyl (C=O) groups excluding carboxylic acids is 2. The summed E-state index contributed by atoms with van der Waals surface area (Å²) in [6, 6.07) is 9.48. The zero-order chi connectivity index (χ0) is 22.5. The molecule has 0 spiro atoms. The number of nitrogen functional groups attached to an aromatic ring is 1. The van der Waals surface area contributed by atoms with E-state index in [2.05, 4.69) is 38.8 Å². The highest BCUT2D eigenvalue weighted by atomic mass is 16.2. The normalized spacial score (nSPS) is 15.6. The lowest BCUT2D eigenvalue weighted by molar-refractivity contribution is -0.127. The number of likely N-dealkylation sites (tertiary alicyclic amines) is 1. The molecule has 9 heteroatoms. The minimum absolute atomic E-state index is 0.0908. The molecule has 0 aliphatic carbocycles. The molecule has 2 aromatic heterocycles. The zero-order valence-corrected chi connectivity index (χ0v) is 17.5. The van der Waals surface area contributed by atoms with Gasteiger partial charge in [-0.15, -0.1) is 0 Å². The molecule has 2 amide bonds. The van der Waals surface area contributed by atoms with Crippen LogP contribution < -0.4 is 11.1 Å². The molecule has 1 atom stereocenters. The quantitative estimate of drug-likeness (QED) is 0.478. The van der Waals surface area contributed by atoms with Gasteiger partial charge in [0.2, 0.25) is 5.91 Å². The molecule has 1 saturated heterocycles. The lowest BCUT2D eigenvalue weighted by Gasteiger charge is -2.32. The van der Waals surface area contributed by atoms with Gasteiger partial charge in [0.05, 0.1) is 11.4 Å². The predicted octanol–water partition coefficient (Wildman–Crippen LogP) is 1.43. The highest BCUT2D eigenvalue weighted by Crippen LogP contribution is 2.28. The van der Waals surface area contributed by atoms with Gasteiger partial charge in [0.25, 0.3) is 5.91 Å². The molecule has 32 heavy (non-hydrogen) atoms. The molecule has 0 radical (unpaired) electrons. The van der Waals surface area contributed by atoms with Crippen LogP contribution in [0.25, 0.3) is 11.0 Å². The Morgan fingerprint density at radius 2 is 2.09 bits per heavy atom. The monoisotopic (exact) mass is 429 g/mol. The topological polar surface area (TPSA) is 119 Å². The van der Waals surface area contributed by atoms with Gasteiger partial charge in [-0.05, 0) is 30.4 Å². The van der Waals surface area contributed by atoms with Crippen molar-refractivity contribution in [1.29, 1.82) is 0 Å². The molecular formula is C23H23N7O2. The third-order valence-electron chi connectivity index (χ3n) is 5.34. The summed E-state index contributed by atoms with van der Waals surface area (Å²) >= 11 is 0. The molecule has 1 aromatic carbocycles. The Morgan fingerprint density at radius 1 is 1.28 bits per heavy atom. The van der Waals surface area contributed by atoms with Gasteiger partial charge in [0.1, 0.15) is 17.8 Å². The Morgan fingerprint density at radius 3 is 2.88 bits per heavy atom. The van der Waals surface area contributed by atoms with Crippen molar-refractivity contribution in [3.05, 3.63) is 60.6 Å². The number of aromatic nitrogens is 4. The average Bonchev–Trinajstić information content (AvgIpc) is 3.21. The van der Waals surface area contributed by atoms with Gasteiger partial charge in [-0.25, -0.2) is 14.6 Å². The van der Waals surface area contributed by atoms with Crippen LogP contribution in [0, 0.1) is 11.8 Å². The summed E-state index contributed by atoms with van der Waals surface area (Å²) in [5.74, 6) is 5.10. The van der Waals surface area contributed by atoms with E-state index in [9.17, 15) is 9.59 Å². The summed E-state index contributed by atoms with van der Waals surface area (Å²) in [7, 11) is 0. The van der Waals surface area contributed by atoms with Gasteiger partial charge in [-0.3, -0.25) is 9.59 Å². The number of benzene rings is 1. The van der Waals surface area contributed by atoms with Gasteiger partial charge >= 0.3 is 0 Å². The summed E-state index contributed by atoms with van der Waals surface area (Å²) in [4.78, 5) is 34.4. The summed E-state index contributed by atoms with van der Waals surface area (Å²) < 4.78 is 1.74. The Labute approximate surface area is 185 Å². The molecule has 162 valence electrons. The van der Waals surface area contributed by atoms with Crippen LogP contribution in [0.4, 0.5) is 5.82 Å². The second-order valence-electron chi connectivity index (χ2n) is 7.45. The first-order chi connectivity index (χ1) is 15.6. The van der Waals surface area contributed by atoms with Crippen molar-refractivity contribution in [1.82, 2.24) is 30.0 Å². The largest absolute Gasteiger partial charge is 0.383 e. The molecule has 3 aromatic rings. The van der Waals surface area contributed by atoms with Crippen molar-refractivity contribution in [2.45, 2.75) is 25.4 Å². The van der Waals surface area contributed by atoms with Gasteiger partial charge in [-0.1, -0.05) is 36.9 Å². The fraction of sp³-hybridized carbons (Fsp3) is 0.261. The number of piperidine rings is 1. The van der Waals surface area contributed by atoms with E-state index in [0.29, 0.717) is 36.4 Å². The van der Waals surface area contributed by atoms with Gasteiger partial charge in [0, 0.05) is 25.6 Å². The first-order valence-electron chi connectivity index (χ1n) is 10.3. The number of rotatable bonds is 4. The van der Waals surface area contributed by atoms with Crippen molar-refractivity contribution in [2.24, 2.45) is 0 Å². The van der Waals surface area contributed by atoms with Crippen LogP contribution in [-0.2, 0) is 16.1 Å². The minimum Gasteiger partial charge on any atom is -0.383 e. The van der Waals surface area contributed by atoms with Crippen LogP contribution >= 0.6 is 0 Å². The maximum absolute atomic E-state index is 12.2. The predicted molar refractivity (Wildman–Crippen MR) is 120 cm³/mol. The Kier molecular flexibility index (Phi) is 6.12. The lowest BCUT2D eigenvalue weighted by Crippen LogP contribution is -2.40. The van der Waals surface area contributed by atoms with Crippen LogP contribution in [0.3, 0.4) is 0 Å². The van der Waals surface area contributed by atoms with E-state index < -0.39 is 5.91 Å². The number of nitrogens with one attached hydrogen (secondary N) is 1. The van der Waals surface area contributed by atoms with E-state index in [1.807, 2.05) is 30.3 Å². The standard InChI is InChI=1S/C23H23N7O2/c1-2-20(32)29-12-6-9-17(14-29)30-23-21(22(24)26-15-27-23)18(28-30)10-11-19(31)25-13-16-7-4-3-5-8-16/h2-5,7-8,15,17H,1,6,9,12-14H2,(H,25,31)(H2,24,26,27)/t17-/m1/s1. The highest BCUT2D eigenvalue weighted by Gasteiger charge is 2.27. The third-order valence-corrected chi connectivity index (χ3v) is 5.34. The number of anilines is 1. The van der Waals surface area contributed by atoms with E-state index in [1.165, 1.54) is 12.4 Å². The molecule has 0 bridgehead atoms. The molecule has 1 aliphatic rings. The smallest absolute Gasteiger partial charge is 0.296 e. The second kappa shape index (κ2) is 9.31. The van der Waals surface area contributed by atoms with Gasteiger partial charge in [-0.2, -0.15) is 5.10 Å². The molecular weight excluding hydrogens is 406 g/mol. The molecule has 1 aliphatic heterocycles. The number of nitrogens with zero attached hydrogens (tertiary/aromatic N) is 5. The van der Waals surface area contributed by atoms with Crippen LogP contribution in [0.15, 0.2) is 49.3 Å². The molecule has 1 fully saturated rings. The van der Waals surface area contributed by atoms with Crippen LogP contribution in [0.2, 0.25) is 0 Å². The van der Waals surface area contributed by atoms with E-state index in [0.717, 1.165) is 18.4 Å². The van der Waals surface area contributed by atoms with Gasteiger partial charge < -0.3 is 16.0 Å².